The van der Waals surface area contributed by atoms with Crippen molar-refractivity contribution < 1.29 is 4.57 Å². The number of aromatic nitrogens is 1. The van der Waals surface area contributed by atoms with Crippen LogP contribution in [0.3, 0.4) is 0 Å². The van der Waals surface area contributed by atoms with Gasteiger partial charge in [0.15, 0.2) is 5.54 Å². The lowest BCUT2D eigenvalue weighted by Gasteiger charge is -2.29. The van der Waals surface area contributed by atoms with Gasteiger partial charge in [0.25, 0.3) is 0 Å². The highest BCUT2D eigenvalue weighted by Gasteiger charge is 2.46. The molecule has 3 heteroatoms. The van der Waals surface area contributed by atoms with Gasteiger partial charge >= 0.3 is 0 Å². The molecule has 0 saturated carbocycles. The molecule has 228 valence electrons. The topological polar surface area (TPSA) is 3.88 Å². The normalized spacial score (nSPS) is 17.4. The van der Waals surface area contributed by atoms with Gasteiger partial charge in [-0.05, 0) is 72.3 Å². The first-order valence-electron chi connectivity index (χ1n) is 17.0. The van der Waals surface area contributed by atoms with Gasteiger partial charge in [0.2, 0.25) is 11.2 Å². The number of allylic oxidation sites excluding steroid dienone is 1. The van der Waals surface area contributed by atoms with Gasteiger partial charge in [-0.2, -0.15) is 4.57 Å². The molecule has 2 aliphatic heterocycles. The van der Waals surface area contributed by atoms with Crippen LogP contribution in [-0.4, -0.2) is 0 Å². The molecule has 0 spiro atoms. The molecule has 3 heterocycles. The summed E-state index contributed by atoms with van der Waals surface area (Å²) in [5.74, 6) is 0. The largest absolute Gasteiger partial charge is 0.219 e. The van der Waals surface area contributed by atoms with E-state index >= 15 is 0 Å². The molecule has 1 aromatic heterocycles. The van der Waals surface area contributed by atoms with Crippen molar-refractivity contribution in [2.75, 3.05) is 0 Å². The maximum absolute atomic E-state index is 2.81. The van der Waals surface area contributed by atoms with Crippen LogP contribution in [0.4, 0.5) is 0 Å². The van der Waals surface area contributed by atoms with Crippen molar-refractivity contribution in [2.24, 2.45) is 0 Å². The number of thioether (sulfide) groups is 1. The lowest BCUT2D eigenvalue weighted by atomic mass is 9.85. The van der Waals surface area contributed by atoms with Crippen molar-refractivity contribution in [3.8, 4) is 0 Å². The second-order valence-electron chi connectivity index (χ2n) is 12.8. The minimum atomic E-state index is -0.691. The third kappa shape index (κ3) is 5.70. The molecule has 5 aromatic rings. The summed E-state index contributed by atoms with van der Waals surface area (Å²) in [6.07, 6.45) is 9.56. The minimum Gasteiger partial charge on any atom is -0.186 e. The SMILES string of the molecule is CCCCc1ccc(C2CC3=C(S2)c2ccc4c(P(c5ccccc5)c5ccccc5)cccc4[n+]2C(CC)(CC)CC3)cc1. The number of hydrogen-bond acceptors (Lipinski definition) is 1. The second kappa shape index (κ2) is 13.3. The average Bonchev–Trinajstić information content (AvgIpc) is 3.48. The average molecular weight is 627 g/mol. The molecule has 0 N–H and O–H groups in total. The first-order valence-corrected chi connectivity index (χ1v) is 19.2. The summed E-state index contributed by atoms with van der Waals surface area (Å²) in [4.78, 5) is 1.54. The fraction of sp³-hybridized carbons (Fsp3) is 0.310. The number of rotatable bonds is 9. The predicted molar refractivity (Wildman–Crippen MR) is 198 cm³/mol. The van der Waals surface area contributed by atoms with Crippen molar-refractivity contribution in [3.05, 3.63) is 138 Å². The zero-order chi connectivity index (χ0) is 30.8. The third-order valence-corrected chi connectivity index (χ3v) is 14.3. The molecule has 0 amide bonds. The quantitative estimate of drug-likeness (QED) is 0.116. The van der Waals surface area contributed by atoms with E-state index in [0.29, 0.717) is 5.25 Å². The monoisotopic (exact) mass is 626 g/mol. The number of benzene rings is 4. The van der Waals surface area contributed by atoms with E-state index in [-0.39, 0.29) is 5.54 Å². The van der Waals surface area contributed by atoms with Crippen LogP contribution in [0.25, 0.3) is 15.8 Å². The fourth-order valence-electron chi connectivity index (χ4n) is 7.66. The smallest absolute Gasteiger partial charge is 0.186 e. The first-order chi connectivity index (χ1) is 22.2. The van der Waals surface area contributed by atoms with E-state index in [1.165, 1.54) is 82.2 Å². The summed E-state index contributed by atoms with van der Waals surface area (Å²) in [5.41, 5.74) is 7.57. The van der Waals surface area contributed by atoms with Crippen molar-refractivity contribution in [1.82, 2.24) is 0 Å². The Morgan fingerprint density at radius 2 is 1.44 bits per heavy atom. The maximum atomic E-state index is 2.81. The van der Waals surface area contributed by atoms with Gasteiger partial charge in [0.1, 0.15) is 0 Å². The zero-order valence-corrected chi connectivity index (χ0v) is 28.7. The summed E-state index contributed by atoms with van der Waals surface area (Å²) in [5, 5.41) is 6.17. The number of pyridine rings is 1. The van der Waals surface area contributed by atoms with Crippen LogP contribution in [0.5, 0.6) is 0 Å². The van der Waals surface area contributed by atoms with E-state index in [1.807, 2.05) is 0 Å². The Balaban J connectivity index is 1.35. The molecule has 45 heavy (non-hydrogen) atoms. The Morgan fingerprint density at radius 1 is 0.756 bits per heavy atom. The number of unbranched alkanes of at least 4 members (excludes halogenated alkanes) is 1. The van der Waals surface area contributed by atoms with Gasteiger partial charge in [0, 0.05) is 36.6 Å². The summed E-state index contributed by atoms with van der Waals surface area (Å²) in [6, 6.07) is 44.0. The molecular weight excluding hydrogens is 582 g/mol. The Morgan fingerprint density at radius 3 is 2.09 bits per heavy atom. The van der Waals surface area contributed by atoms with Crippen LogP contribution in [0.1, 0.15) is 87.8 Å². The molecule has 0 radical (unpaired) electrons. The standard InChI is InChI=1S/C42H45NPS/c1-4-7-15-31-22-24-32(25-23-31)40-30-33-28-29-42(5-2,6-3)43-37-20-14-21-39(36(37)26-27-38(43)41(33)45-40)44(34-16-10-8-11-17-34)35-18-12-9-13-19-35/h8-14,16-27,40H,4-7,15,28-30H2,1-3H3/q+1. The molecule has 1 unspecified atom stereocenters. The minimum absolute atomic E-state index is 0.108. The van der Waals surface area contributed by atoms with Crippen LogP contribution < -0.4 is 20.5 Å². The molecule has 7 rings (SSSR count). The Bertz CT molecular complexity index is 1770. The Hall–Kier alpha value is -3.19. The van der Waals surface area contributed by atoms with Gasteiger partial charge in [-0.3, -0.25) is 0 Å². The number of hydrogen-bond donors (Lipinski definition) is 0. The predicted octanol–water partition coefficient (Wildman–Crippen LogP) is 10.1. The van der Waals surface area contributed by atoms with Crippen LogP contribution in [-0.2, 0) is 12.0 Å². The number of nitrogens with zero attached hydrogens (tertiary/aromatic N) is 1. The van der Waals surface area contributed by atoms with Gasteiger partial charge in [-0.1, -0.05) is 124 Å². The molecule has 2 aliphatic rings. The molecule has 0 fully saturated rings. The highest BCUT2D eigenvalue weighted by molar-refractivity contribution is 8.08. The highest BCUT2D eigenvalue weighted by Crippen LogP contribution is 2.55. The van der Waals surface area contributed by atoms with Crippen LogP contribution in [0.2, 0.25) is 0 Å². The summed E-state index contributed by atoms with van der Waals surface area (Å²) in [6.45, 7) is 7.10. The lowest BCUT2D eigenvalue weighted by molar-refractivity contribution is -0.745. The van der Waals surface area contributed by atoms with Crippen LogP contribution >= 0.6 is 19.7 Å². The summed E-state index contributed by atoms with van der Waals surface area (Å²) >= 11 is 2.12. The number of aryl methyl sites for hydroxylation is 1. The van der Waals surface area contributed by atoms with E-state index in [0.717, 1.165) is 12.8 Å². The molecule has 0 aliphatic carbocycles. The molecular formula is C42H45NPS+. The van der Waals surface area contributed by atoms with E-state index in [2.05, 4.69) is 152 Å². The molecule has 1 atom stereocenters. The second-order valence-corrected chi connectivity index (χ2v) is 16.2. The van der Waals surface area contributed by atoms with Crippen molar-refractivity contribution >= 4 is 51.4 Å². The van der Waals surface area contributed by atoms with Crippen LogP contribution in [0, 0.1) is 0 Å². The van der Waals surface area contributed by atoms with Gasteiger partial charge in [-0.25, -0.2) is 0 Å². The van der Waals surface area contributed by atoms with Gasteiger partial charge in [0.05, 0.1) is 10.3 Å². The summed E-state index contributed by atoms with van der Waals surface area (Å²) < 4.78 is 2.81. The van der Waals surface area contributed by atoms with Crippen molar-refractivity contribution in [3.63, 3.8) is 0 Å². The van der Waals surface area contributed by atoms with Crippen molar-refractivity contribution in [2.45, 2.75) is 82.9 Å². The van der Waals surface area contributed by atoms with Crippen molar-refractivity contribution in [1.29, 1.82) is 0 Å². The number of fused-ring (bicyclic) bond motifs is 4. The van der Waals surface area contributed by atoms with E-state index in [9.17, 15) is 0 Å². The van der Waals surface area contributed by atoms with Gasteiger partial charge in [-0.15, -0.1) is 11.8 Å². The molecule has 4 aromatic carbocycles. The Labute approximate surface area is 275 Å². The van der Waals surface area contributed by atoms with E-state index < -0.39 is 7.92 Å². The Kier molecular flexibility index (Phi) is 8.98. The maximum Gasteiger partial charge on any atom is 0.219 e. The summed E-state index contributed by atoms with van der Waals surface area (Å²) in [7, 11) is -0.691. The zero-order valence-electron chi connectivity index (χ0n) is 27.0. The van der Waals surface area contributed by atoms with Crippen LogP contribution in [0.15, 0.2) is 121 Å². The fourth-order valence-corrected chi connectivity index (χ4v) is 11.6. The highest BCUT2D eigenvalue weighted by atomic mass is 32.2. The van der Waals surface area contributed by atoms with E-state index in [1.54, 1.807) is 10.5 Å². The first kappa shape index (κ1) is 30.5. The third-order valence-electron chi connectivity index (χ3n) is 10.3. The molecule has 0 saturated heterocycles. The molecule has 1 nitrogen and oxygen atoms in total. The molecule has 0 bridgehead atoms. The van der Waals surface area contributed by atoms with E-state index in [4.69, 9.17) is 0 Å². The van der Waals surface area contributed by atoms with Gasteiger partial charge < -0.3 is 0 Å². The lowest BCUT2D eigenvalue weighted by Crippen LogP contribution is -2.58.